The normalized spacial score (nSPS) is 20.4. The minimum atomic E-state index is -4.15. The van der Waals surface area contributed by atoms with Gasteiger partial charge in [0, 0.05) is 0 Å². The van der Waals surface area contributed by atoms with Crippen molar-refractivity contribution < 1.29 is 27.2 Å². The monoisotopic (exact) mass is 377 g/mol. The van der Waals surface area contributed by atoms with Crippen molar-refractivity contribution in [3.63, 3.8) is 0 Å². The van der Waals surface area contributed by atoms with E-state index < -0.39 is 33.9 Å². The molecule has 1 amide bonds. The molecule has 0 N–H and O–H groups in total. The van der Waals surface area contributed by atoms with Crippen LogP contribution in [0.3, 0.4) is 0 Å². The zero-order valence-electron chi connectivity index (χ0n) is 14.4. The summed E-state index contributed by atoms with van der Waals surface area (Å²) in [5, 5.41) is 0. The molecule has 1 aliphatic heterocycles. The molecule has 0 spiro atoms. The summed E-state index contributed by atoms with van der Waals surface area (Å²) >= 11 is 0. The second-order valence-corrected chi connectivity index (χ2v) is 7.84. The number of esters is 1. The number of sulfonamides is 1. The highest BCUT2D eigenvalue weighted by Gasteiger charge is 2.51. The molecule has 3 rings (SSSR count). The van der Waals surface area contributed by atoms with Crippen LogP contribution < -0.4 is 0 Å². The van der Waals surface area contributed by atoms with E-state index in [4.69, 9.17) is 9.15 Å². The van der Waals surface area contributed by atoms with Crippen molar-refractivity contribution in [2.24, 2.45) is 5.92 Å². The average Bonchev–Trinajstić information content (AvgIpc) is 3.23. The first-order valence-electron chi connectivity index (χ1n) is 8.21. The van der Waals surface area contributed by atoms with Crippen LogP contribution in [0, 0.1) is 12.8 Å². The van der Waals surface area contributed by atoms with Crippen LogP contribution in [-0.4, -0.2) is 31.2 Å². The quantitative estimate of drug-likeness (QED) is 0.587. The standard InChI is InChI=1S/C18H19NO6S/c1-3-24-18(21)14-11-15(16-5-4-10-25-16)19(17(14)20)26(22,23)13-8-6-12(2)7-9-13/h4-10,14-15H,3,11H2,1-2H3. The van der Waals surface area contributed by atoms with Gasteiger partial charge in [-0.3, -0.25) is 9.59 Å². The van der Waals surface area contributed by atoms with Crippen molar-refractivity contribution in [1.82, 2.24) is 4.31 Å². The van der Waals surface area contributed by atoms with Gasteiger partial charge < -0.3 is 9.15 Å². The fourth-order valence-corrected chi connectivity index (χ4v) is 4.59. The maximum absolute atomic E-state index is 13.1. The van der Waals surface area contributed by atoms with Gasteiger partial charge in [-0.05, 0) is 44.5 Å². The van der Waals surface area contributed by atoms with E-state index >= 15 is 0 Å². The van der Waals surface area contributed by atoms with Crippen LogP contribution in [0.1, 0.15) is 30.7 Å². The van der Waals surface area contributed by atoms with E-state index in [0.29, 0.717) is 5.76 Å². The van der Waals surface area contributed by atoms with E-state index in [1.54, 1.807) is 31.2 Å². The van der Waals surface area contributed by atoms with Crippen molar-refractivity contribution in [3.05, 3.63) is 54.0 Å². The Morgan fingerprint density at radius 1 is 1.27 bits per heavy atom. The third kappa shape index (κ3) is 3.12. The second kappa shape index (κ2) is 6.95. The lowest BCUT2D eigenvalue weighted by molar-refractivity contribution is -0.151. The number of aryl methyl sites for hydroxylation is 1. The van der Waals surface area contributed by atoms with E-state index in [1.165, 1.54) is 18.4 Å². The molecule has 2 heterocycles. The minimum absolute atomic E-state index is 0.0162. The van der Waals surface area contributed by atoms with Gasteiger partial charge in [0.25, 0.3) is 15.9 Å². The Morgan fingerprint density at radius 2 is 1.96 bits per heavy atom. The Morgan fingerprint density at radius 3 is 2.54 bits per heavy atom. The number of benzene rings is 1. The molecule has 1 aromatic carbocycles. The number of amides is 1. The van der Waals surface area contributed by atoms with Gasteiger partial charge in [0.2, 0.25) is 0 Å². The maximum atomic E-state index is 13.1. The topological polar surface area (TPSA) is 93.9 Å². The number of carbonyl (C=O) groups excluding carboxylic acids is 2. The lowest BCUT2D eigenvalue weighted by Crippen LogP contribution is -2.37. The molecule has 26 heavy (non-hydrogen) atoms. The Kier molecular flexibility index (Phi) is 4.86. The van der Waals surface area contributed by atoms with E-state index in [-0.39, 0.29) is 17.9 Å². The summed E-state index contributed by atoms with van der Waals surface area (Å²) in [5.41, 5.74) is 0.892. The maximum Gasteiger partial charge on any atom is 0.318 e. The van der Waals surface area contributed by atoms with Gasteiger partial charge in [-0.1, -0.05) is 17.7 Å². The first kappa shape index (κ1) is 18.2. The highest BCUT2D eigenvalue weighted by Crippen LogP contribution is 2.41. The molecule has 1 aromatic heterocycles. The predicted molar refractivity (Wildman–Crippen MR) is 91.4 cm³/mol. The van der Waals surface area contributed by atoms with Gasteiger partial charge in [0.1, 0.15) is 17.7 Å². The molecule has 1 saturated heterocycles. The highest BCUT2D eigenvalue weighted by atomic mass is 32.2. The second-order valence-electron chi connectivity index (χ2n) is 6.02. The van der Waals surface area contributed by atoms with Crippen LogP contribution in [0.15, 0.2) is 52.0 Å². The largest absolute Gasteiger partial charge is 0.467 e. The number of hydrogen-bond donors (Lipinski definition) is 0. The third-order valence-corrected chi connectivity index (χ3v) is 6.10. The van der Waals surface area contributed by atoms with Gasteiger partial charge in [-0.2, -0.15) is 0 Å². The number of ether oxygens (including phenoxy) is 1. The first-order valence-corrected chi connectivity index (χ1v) is 9.65. The summed E-state index contributed by atoms with van der Waals surface area (Å²) in [5.74, 6) is -2.40. The summed E-state index contributed by atoms with van der Waals surface area (Å²) in [4.78, 5) is 24.9. The number of nitrogens with zero attached hydrogens (tertiary/aromatic N) is 1. The molecule has 1 aliphatic rings. The molecule has 0 aliphatic carbocycles. The zero-order chi connectivity index (χ0) is 18.9. The van der Waals surface area contributed by atoms with Gasteiger partial charge >= 0.3 is 5.97 Å². The van der Waals surface area contributed by atoms with E-state index in [0.717, 1.165) is 9.87 Å². The number of carbonyl (C=O) groups is 2. The lowest BCUT2D eigenvalue weighted by Gasteiger charge is -2.23. The van der Waals surface area contributed by atoms with Crippen LogP contribution in [-0.2, 0) is 24.3 Å². The fourth-order valence-electron chi connectivity index (χ4n) is 2.99. The smallest absolute Gasteiger partial charge is 0.318 e. The number of hydrogen-bond acceptors (Lipinski definition) is 6. The summed E-state index contributed by atoms with van der Waals surface area (Å²) in [6, 6.07) is 8.48. The molecule has 8 heteroatoms. The van der Waals surface area contributed by atoms with Gasteiger partial charge in [0.05, 0.1) is 17.8 Å². The molecule has 2 aromatic rings. The molecule has 2 atom stereocenters. The molecule has 7 nitrogen and oxygen atoms in total. The predicted octanol–water partition coefficient (Wildman–Crippen LogP) is 2.43. The summed E-state index contributed by atoms with van der Waals surface area (Å²) in [6.45, 7) is 3.57. The van der Waals surface area contributed by atoms with Crippen LogP contribution in [0.25, 0.3) is 0 Å². The summed E-state index contributed by atoms with van der Waals surface area (Å²) in [7, 11) is -4.15. The highest BCUT2D eigenvalue weighted by molar-refractivity contribution is 7.89. The van der Waals surface area contributed by atoms with Crippen molar-refractivity contribution in [1.29, 1.82) is 0 Å². The molecule has 0 bridgehead atoms. The summed E-state index contributed by atoms with van der Waals surface area (Å²) < 4.78 is 37.2. The number of rotatable bonds is 5. The molecular formula is C18H19NO6S. The summed E-state index contributed by atoms with van der Waals surface area (Å²) in [6.07, 6.45) is 1.38. The molecule has 138 valence electrons. The third-order valence-electron chi connectivity index (χ3n) is 4.28. The zero-order valence-corrected chi connectivity index (χ0v) is 15.2. The van der Waals surface area contributed by atoms with Crippen molar-refractivity contribution in [2.45, 2.75) is 31.2 Å². The minimum Gasteiger partial charge on any atom is -0.467 e. The van der Waals surface area contributed by atoms with Gasteiger partial charge in [-0.25, -0.2) is 12.7 Å². The van der Waals surface area contributed by atoms with Crippen LogP contribution in [0.5, 0.6) is 0 Å². The van der Waals surface area contributed by atoms with Crippen molar-refractivity contribution in [2.75, 3.05) is 6.61 Å². The molecule has 0 saturated carbocycles. The van der Waals surface area contributed by atoms with Crippen LogP contribution in [0.2, 0.25) is 0 Å². The molecular weight excluding hydrogens is 358 g/mol. The van der Waals surface area contributed by atoms with Crippen LogP contribution >= 0.6 is 0 Å². The SMILES string of the molecule is CCOC(=O)C1CC(c2ccco2)N(S(=O)(=O)c2ccc(C)cc2)C1=O. The Labute approximate surface area is 151 Å². The van der Waals surface area contributed by atoms with E-state index in [2.05, 4.69) is 0 Å². The van der Waals surface area contributed by atoms with E-state index in [1.807, 2.05) is 6.92 Å². The fraction of sp³-hybridized carbons (Fsp3) is 0.333. The molecule has 0 radical (unpaired) electrons. The average molecular weight is 377 g/mol. The lowest BCUT2D eigenvalue weighted by atomic mass is 10.0. The van der Waals surface area contributed by atoms with Gasteiger partial charge in [0.15, 0.2) is 0 Å². The molecule has 2 unspecified atom stereocenters. The number of furan rings is 1. The van der Waals surface area contributed by atoms with Crippen molar-refractivity contribution >= 4 is 21.9 Å². The van der Waals surface area contributed by atoms with Crippen molar-refractivity contribution in [3.8, 4) is 0 Å². The Balaban J connectivity index is 2.04. The molecule has 1 fully saturated rings. The Bertz CT molecular complexity index is 902. The van der Waals surface area contributed by atoms with E-state index in [9.17, 15) is 18.0 Å². The Hall–Kier alpha value is -2.61. The first-order chi connectivity index (χ1) is 12.4. The van der Waals surface area contributed by atoms with Gasteiger partial charge in [-0.15, -0.1) is 0 Å². The van der Waals surface area contributed by atoms with Crippen LogP contribution in [0.4, 0.5) is 0 Å².